The molecule has 2 nitrogen and oxygen atoms in total. The summed E-state index contributed by atoms with van der Waals surface area (Å²) in [5, 5.41) is 2.28. The van der Waals surface area contributed by atoms with Crippen LogP contribution in [-0.2, 0) is 16.2 Å². The number of nitrogens with zero attached hydrogens (tertiary/aromatic N) is 1. The molecule has 0 N–H and O–H groups in total. The standard InChI is InChI=1S/C55H49NO/c1-9-55(8)44-21-14-18-35(32(2)3)51(44)41-31-46-40(30-47(41)55)36-26-24-33(28-45(36)54(46,6)7)56(34-25-27-38-37-16-11-13-23-49(37)57-50(38)29-34)48-22-15-20-43-52(48)39-17-10-12-19-42(39)53(43,4)5/h10-32H,9H2,1-8H3. The lowest BCUT2D eigenvalue weighted by Crippen LogP contribution is -2.20. The zero-order valence-corrected chi connectivity index (χ0v) is 34.3. The van der Waals surface area contributed by atoms with E-state index in [2.05, 4.69) is 188 Å². The van der Waals surface area contributed by atoms with E-state index in [0.29, 0.717) is 5.92 Å². The van der Waals surface area contributed by atoms with Crippen LogP contribution in [0.4, 0.5) is 17.1 Å². The maximum Gasteiger partial charge on any atom is 0.137 e. The Kier molecular flexibility index (Phi) is 7.00. The van der Waals surface area contributed by atoms with Crippen molar-refractivity contribution in [3.63, 3.8) is 0 Å². The summed E-state index contributed by atoms with van der Waals surface area (Å²) in [6, 6.07) is 50.4. The van der Waals surface area contributed by atoms with Gasteiger partial charge in [0.25, 0.3) is 0 Å². The highest BCUT2D eigenvalue weighted by molar-refractivity contribution is 6.06. The lowest BCUT2D eigenvalue weighted by atomic mass is 9.76. The molecule has 2 heteroatoms. The van der Waals surface area contributed by atoms with Gasteiger partial charge < -0.3 is 9.32 Å². The van der Waals surface area contributed by atoms with Gasteiger partial charge in [-0.15, -0.1) is 0 Å². The van der Waals surface area contributed by atoms with Gasteiger partial charge in [-0.2, -0.15) is 0 Å². The van der Waals surface area contributed by atoms with Crippen molar-refractivity contribution in [3.05, 3.63) is 172 Å². The summed E-state index contributed by atoms with van der Waals surface area (Å²) in [6.45, 7) is 19.1. The van der Waals surface area contributed by atoms with Gasteiger partial charge in [-0.3, -0.25) is 0 Å². The fraction of sp³-hybridized carbons (Fsp3) is 0.236. The smallest absolute Gasteiger partial charge is 0.137 e. The van der Waals surface area contributed by atoms with E-state index in [9.17, 15) is 0 Å². The summed E-state index contributed by atoms with van der Waals surface area (Å²) in [7, 11) is 0. The third-order valence-electron chi connectivity index (χ3n) is 14.4. The van der Waals surface area contributed by atoms with Crippen LogP contribution < -0.4 is 4.90 Å². The first-order chi connectivity index (χ1) is 27.4. The Labute approximate surface area is 336 Å². The molecule has 1 unspecified atom stereocenters. The molecule has 1 atom stereocenters. The van der Waals surface area contributed by atoms with E-state index >= 15 is 0 Å². The molecule has 0 saturated carbocycles. The molecule has 57 heavy (non-hydrogen) atoms. The molecule has 3 aliphatic carbocycles. The third-order valence-corrected chi connectivity index (χ3v) is 14.4. The number of furan rings is 1. The fourth-order valence-electron chi connectivity index (χ4n) is 11.1. The average molecular weight is 740 g/mol. The van der Waals surface area contributed by atoms with Crippen molar-refractivity contribution in [2.75, 3.05) is 4.90 Å². The maximum atomic E-state index is 6.53. The molecule has 0 saturated heterocycles. The van der Waals surface area contributed by atoms with Crippen molar-refractivity contribution in [3.8, 4) is 33.4 Å². The molecule has 280 valence electrons. The summed E-state index contributed by atoms with van der Waals surface area (Å²) >= 11 is 0. The molecular weight excluding hydrogens is 691 g/mol. The van der Waals surface area contributed by atoms with Crippen molar-refractivity contribution in [2.24, 2.45) is 0 Å². The van der Waals surface area contributed by atoms with Crippen LogP contribution >= 0.6 is 0 Å². The number of rotatable bonds is 5. The van der Waals surface area contributed by atoms with Crippen LogP contribution in [0.15, 0.2) is 138 Å². The number of benzene rings is 7. The fourth-order valence-corrected chi connectivity index (χ4v) is 11.1. The SMILES string of the molecule is CCC1(C)c2cc3c(cc2-c2c(C(C)C)cccc21)C(C)(C)c1cc(N(c2ccc4c(c2)oc2ccccc24)c2cccc4c2-c2ccccc2C4(C)C)ccc1-3. The van der Waals surface area contributed by atoms with Gasteiger partial charge in [0.05, 0.1) is 5.69 Å². The summed E-state index contributed by atoms with van der Waals surface area (Å²) in [5.74, 6) is 0.453. The van der Waals surface area contributed by atoms with E-state index in [1.807, 2.05) is 6.07 Å². The van der Waals surface area contributed by atoms with Gasteiger partial charge in [-0.05, 0) is 128 Å². The zero-order valence-electron chi connectivity index (χ0n) is 34.3. The molecule has 1 aromatic heterocycles. The number of para-hydroxylation sites is 1. The van der Waals surface area contributed by atoms with E-state index in [4.69, 9.17) is 4.42 Å². The maximum absolute atomic E-state index is 6.53. The lowest BCUT2D eigenvalue weighted by molar-refractivity contribution is 0.563. The van der Waals surface area contributed by atoms with Gasteiger partial charge in [-0.1, -0.05) is 134 Å². The van der Waals surface area contributed by atoms with Crippen molar-refractivity contribution in [1.82, 2.24) is 0 Å². The van der Waals surface area contributed by atoms with Crippen molar-refractivity contribution in [1.29, 1.82) is 0 Å². The van der Waals surface area contributed by atoms with E-state index in [0.717, 1.165) is 39.7 Å². The highest BCUT2D eigenvalue weighted by atomic mass is 16.3. The van der Waals surface area contributed by atoms with Gasteiger partial charge in [0.2, 0.25) is 0 Å². The molecule has 0 radical (unpaired) electrons. The molecule has 0 bridgehead atoms. The minimum atomic E-state index is -0.199. The molecular formula is C55H49NO. The van der Waals surface area contributed by atoms with Gasteiger partial charge in [-0.25, -0.2) is 0 Å². The average Bonchev–Trinajstić information content (AvgIpc) is 3.86. The minimum absolute atomic E-state index is 0.0265. The topological polar surface area (TPSA) is 16.4 Å². The summed E-state index contributed by atoms with van der Waals surface area (Å²) in [6.07, 6.45) is 1.06. The molecule has 11 rings (SSSR count). The van der Waals surface area contributed by atoms with Crippen LogP contribution in [0.5, 0.6) is 0 Å². The Morgan fingerprint density at radius 2 is 1.14 bits per heavy atom. The van der Waals surface area contributed by atoms with Gasteiger partial charge in [0.1, 0.15) is 11.2 Å². The number of hydrogen-bond acceptors (Lipinski definition) is 2. The number of hydrogen-bond donors (Lipinski definition) is 0. The minimum Gasteiger partial charge on any atom is -0.456 e. The molecule has 3 aliphatic rings. The predicted octanol–water partition coefficient (Wildman–Crippen LogP) is 15.5. The second-order valence-electron chi connectivity index (χ2n) is 18.4. The Morgan fingerprint density at radius 1 is 0.491 bits per heavy atom. The van der Waals surface area contributed by atoms with Gasteiger partial charge in [0, 0.05) is 50.0 Å². The normalized spacial score (nSPS) is 17.7. The van der Waals surface area contributed by atoms with Crippen LogP contribution in [0, 0.1) is 0 Å². The van der Waals surface area contributed by atoms with Crippen molar-refractivity contribution >= 4 is 39.0 Å². The predicted molar refractivity (Wildman–Crippen MR) is 240 cm³/mol. The van der Waals surface area contributed by atoms with E-state index in [-0.39, 0.29) is 16.2 Å². The number of anilines is 3. The monoisotopic (exact) mass is 739 g/mol. The second-order valence-corrected chi connectivity index (χ2v) is 18.4. The van der Waals surface area contributed by atoms with Crippen LogP contribution in [0.1, 0.15) is 107 Å². The molecule has 8 aromatic rings. The Hall–Kier alpha value is -5.86. The molecule has 7 aromatic carbocycles. The highest BCUT2D eigenvalue weighted by Gasteiger charge is 2.44. The van der Waals surface area contributed by atoms with Crippen LogP contribution in [0.25, 0.3) is 55.3 Å². The highest BCUT2D eigenvalue weighted by Crippen LogP contribution is 2.60. The van der Waals surface area contributed by atoms with E-state index in [1.165, 1.54) is 78.0 Å². The first-order valence-electron chi connectivity index (χ1n) is 20.9. The second kappa shape index (κ2) is 11.6. The number of fused-ring (bicyclic) bond motifs is 12. The first kappa shape index (κ1) is 34.4. The van der Waals surface area contributed by atoms with E-state index in [1.54, 1.807) is 0 Å². The Bertz CT molecular complexity index is 3010. The van der Waals surface area contributed by atoms with Gasteiger partial charge >= 0.3 is 0 Å². The lowest BCUT2D eigenvalue weighted by Gasteiger charge is -2.30. The molecule has 0 amide bonds. The van der Waals surface area contributed by atoms with Gasteiger partial charge in [0.15, 0.2) is 0 Å². The molecule has 0 fully saturated rings. The summed E-state index contributed by atoms with van der Waals surface area (Å²) < 4.78 is 6.53. The van der Waals surface area contributed by atoms with Crippen LogP contribution in [-0.4, -0.2) is 0 Å². The van der Waals surface area contributed by atoms with Crippen molar-refractivity contribution < 1.29 is 4.42 Å². The zero-order chi connectivity index (χ0) is 39.2. The first-order valence-corrected chi connectivity index (χ1v) is 20.9. The Balaban J connectivity index is 1.13. The van der Waals surface area contributed by atoms with E-state index < -0.39 is 0 Å². The molecule has 1 heterocycles. The Morgan fingerprint density at radius 3 is 1.96 bits per heavy atom. The van der Waals surface area contributed by atoms with Crippen LogP contribution in [0.2, 0.25) is 0 Å². The largest absolute Gasteiger partial charge is 0.456 e. The molecule has 0 aliphatic heterocycles. The van der Waals surface area contributed by atoms with Crippen LogP contribution in [0.3, 0.4) is 0 Å². The molecule has 0 spiro atoms. The van der Waals surface area contributed by atoms with Crippen molar-refractivity contribution in [2.45, 2.75) is 84.0 Å². The summed E-state index contributed by atoms with van der Waals surface area (Å²) in [4.78, 5) is 2.49. The third kappa shape index (κ3) is 4.47. The summed E-state index contributed by atoms with van der Waals surface area (Å²) in [5.41, 5.74) is 23.1. The quantitative estimate of drug-likeness (QED) is 0.175.